The van der Waals surface area contributed by atoms with Gasteiger partial charge in [-0.25, -0.2) is 4.39 Å². The Morgan fingerprint density at radius 3 is 2.68 bits per heavy atom. The van der Waals surface area contributed by atoms with Crippen molar-refractivity contribution in [3.05, 3.63) is 64.4 Å². The van der Waals surface area contributed by atoms with Crippen LogP contribution >= 0.6 is 23.4 Å². The second kappa shape index (κ2) is 6.49. The Labute approximate surface area is 172 Å². The van der Waals surface area contributed by atoms with E-state index in [0.29, 0.717) is 34.9 Å². The van der Waals surface area contributed by atoms with Gasteiger partial charge in [-0.3, -0.25) is 9.59 Å². The van der Waals surface area contributed by atoms with Gasteiger partial charge in [0.25, 0.3) is 11.8 Å². The van der Waals surface area contributed by atoms with Crippen molar-refractivity contribution < 1.29 is 14.0 Å². The van der Waals surface area contributed by atoms with Crippen molar-refractivity contribution in [1.29, 1.82) is 0 Å². The molecule has 0 radical (unpaired) electrons. The maximum absolute atomic E-state index is 14.2. The summed E-state index contributed by atoms with van der Waals surface area (Å²) in [5.41, 5.74) is 1.60. The predicted octanol–water partition coefficient (Wildman–Crippen LogP) is 4.67. The number of thioether (sulfide) groups is 1. The minimum absolute atomic E-state index is 0.207. The van der Waals surface area contributed by atoms with Crippen molar-refractivity contribution in [3.63, 3.8) is 0 Å². The number of benzene rings is 2. The van der Waals surface area contributed by atoms with Crippen molar-refractivity contribution in [2.24, 2.45) is 0 Å². The number of fused-ring (bicyclic) bond motifs is 2. The van der Waals surface area contributed by atoms with Gasteiger partial charge in [0.1, 0.15) is 5.82 Å². The predicted molar refractivity (Wildman–Crippen MR) is 110 cm³/mol. The van der Waals surface area contributed by atoms with E-state index in [1.807, 2.05) is 20.8 Å². The molecule has 4 rings (SSSR count). The third-order valence-corrected chi connectivity index (χ3v) is 6.95. The molecule has 2 aliphatic rings. The van der Waals surface area contributed by atoms with Crippen LogP contribution in [-0.2, 0) is 9.67 Å². The number of carbonyl (C=O) groups excluding carboxylic acids is 2. The summed E-state index contributed by atoms with van der Waals surface area (Å²) in [6.45, 7) is 6.66. The number of carbonyl (C=O) groups is 2. The topological polar surface area (TPSA) is 40.6 Å². The largest absolute Gasteiger partial charge is 0.310 e. The number of anilines is 1. The fourth-order valence-electron chi connectivity index (χ4n) is 4.07. The molecular formula is C21H20ClFN2O2S. The Morgan fingerprint density at radius 1 is 1.25 bits per heavy atom. The van der Waals surface area contributed by atoms with E-state index in [1.54, 1.807) is 40.1 Å². The molecule has 1 spiro atoms. The van der Waals surface area contributed by atoms with E-state index in [2.05, 4.69) is 0 Å². The highest BCUT2D eigenvalue weighted by Crippen LogP contribution is 2.59. The van der Waals surface area contributed by atoms with E-state index in [9.17, 15) is 14.0 Å². The summed E-state index contributed by atoms with van der Waals surface area (Å²) in [6, 6.07) is 11.0. The zero-order chi connectivity index (χ0) is 20.3. The van der Waals surface area contributed by atoms with Crippen LogP contribution in [0.4, 0.5) is 10.1 Å². The van der Waals surface area contributed by atoms with E-state index in [-0.39, 0.29) is 16.6 Å². The van der Waals surface area contributed by atoms with Crippen LogP contribution < -0.4 is 4.90 Å². The minimum Gasteiger partial charge on any atom is -0.310 e. The summed E-state index contributed by atoms with van der Waals surface area (Å²) in [4.78, 5) is 29.0. The zero-order valence-electron chi connectivity index (χ0n) is 15.8. The quantitative estimate of drug-likeness (QED) is 0.711. The summed E-state index contributed by atoms with van der Waals surface area (Å²) >= 11 is 7.48. The molecule has 4 nitrogen and oxygen atoms in total. The first-order valence-electron chi connectivity index (χ1n) is 9.09. The van der Waals surface area contributed by atoms with Crippen LogP contribution in [0.5, 0.6) is 0 Å². The first-order valence-corrected chi connectivity index (χ1v) is 10.3. The van der Waals surface area contributed by atoms with Crippen LogP contribution in [0.2, 0.25) is 5.02 Å². The highest BCUT2D eigenvalue weighted by molar-refractivity contribution is 8.02. The molecule has 1 atom stereocenters. The average Bonchev–Trinajstić information content (AvgIpc) is 3.06. The zero-order valence-corrected chi connectivity index (χ0v) is 17.4. The van der Waals surface area contributed by atoms with E-state index in [0.717, 1.165) is 0 Å². The normalized spacial score (nSPS) is 22.8. The lowest BCUT2D eigenvalue weighted by Crippen LogP contribution is -2.50. The van der Waals surface area contributed by atoms with Gasteiger partial charge in [-0.15, -0.1) is 11.8 Å². The number of hydrogen-bond donors (Lipinski definition) is 0. The van der Waals surface area contributed by atoms with Crippen LogP contribution in [0, 0.1) is 5.82 Å². The third-order valence-electron chi connectivity index (χ3n) is 5.13. The molecule has 2 amide bonds. The Hall–Kier alpha value is -2.05. The number of likely N-dealkylation sites (N-methyl/N-ethyl adjacent to an activating group) is 1. The molecule has 28 heavy (non-hydrogen) atoms. The molecular weight excluding hydrogens is 399 g/mol. The van der Waals surface area contributed by atoms with Crippen LogP contribution in [0.15, 0.2) is 42.5 Å². The SMILES string of the molecule is CCN1C(=O)[C@@]2(SC(C)(C)CN2C(=O)c2cccc(Cl)c2)c2cc(F)ccc21. The van der Waals surface area contributed by atoms with E-state index in [4.69, 9.17) is 11.6 Å². The highest BCUT2D eigenvalue weighted by Gasteiger charge is 2.63. The van der Waals surface area contributed by atoms with Crippen LogP contribution in [-0.4, -0.2) is 34.6 Å². The Morgan fingerprint density at radius 2 is 2.00 bits per heavy atom. The molecule has 1 saturated heterocycles. The molecule has 2 aromatic rings. The number of halogens is 2. The monoisotopic (exact) mass is 418 g/mol. The molecule has 0 saturated carbocycles. The second-order valence-corrected chi connectivity index (χ2v) is 9.95. The number of rotatable bonds is 2. The van der Waals surface area contributed by atoms with Crippen molar-refractivity contribution in [1.82, 2.24) is 4.90 Å². The fraction of sp³-hybridized carbons (Fsp3) is 0.333. The van der Waals surface area contributed by atoms with Crippen LogP contribution in [0.1, 0.15) is 36.7 Å². The van der Waals surface area contributed by atoms with Gasteiger partial charge in [0.05, 0.1) is 5.69 Å². The van der Waals surface area contributed by atoms with Gasteiger partial charge >= 0.3 is 0 Å². The Bertz CT molecular complexity index is 996. The van der Waals surface area contributed by atoms with Gasteiger partial charge in [0, 0.05) is 34.0 Å². The summed E-state index contributed by atoms with van der Waals surface area (Å²) in [5, 5.41) is 0.449. The minimum atomic E-state index is -1.28. The maximum Gasteiger partial charge on any atom is 0.268 e. The summed E-state index contributed by atoms with van der Waals surface area (Å²) in [5.74, 6) is -0.923. The Balaban J connectivity index is 1.92. The van der Waals surface area contributed by atoms with Gasteiger partial charge < -0.3 is 9.80 Å². The number of amides is 2. The number of nitrogens with zero attached hydrogens (tertiary/aromatic N) is 2. The first kappa shape index (κ1) is 19.3. The third kappa shape index (κ3) is 2.73. The van der Waals surface area contributed by atoms with E-state index < -0.39 is 10.7 Å². The van der Waals surface area contributed by atoms with Gasteiger partial charge in [0.15, 0.2) is 4.87 Å². The van der Waals surface area contributed by atoms with E-state index >= 15 is 0 Å². The molecule has 146 valence electrons. The van der Waals surface area contributed by atoms with Crippen molar-refractivity contribution in [2.45, 2.75) is 30.4 Å². The molecule has 0 bridgehead atoms. The fourth-order valence-corrected chi connectivity index (χ4v) is 5.98. The highest BCUT2D eigenvalue weighted by atomic mass is 35.5. The smallest absolute Gasteiger partial charge is 0.268 e. The van der Waals surface area contributed by atoms with Crippen LogP contribution in [0.25, 0.3) is 0 Å². The molecule has 7 heteroatoms. The molecule has 2 heterocycles. The standard InChI is InChI=1S/C21H20ClFN2O2S/c1-4-24-17-9-8-15(23)11-16(17)21(19(24)27)25(12-20(2,3)28-21)18(26)13-6-5-7-14(22)10-13/h5-11H,4,12H2,1-3H3/t21-/m0/s1. The molecule has 1 fully saturated rings. The van der Waals surface area contributed by atoms with Crippen molar-refractivity contribution in [3.8, 4) is 0 Å². The summed E-state index contributed by atoms with van der Waals surface area (Å²) < 4.78 is 13.8. The van der Waals surface area contributed by atoms with E-state index in [1.165, 1.54) is 23.9 Å². The van der Waals surface area contributed by atoms with Crippen molar-refractivity contribution in [2.75, 3.05) is 18.0 Å². The Kier molecular flexibility index (Phi) is 4.47. The molecule has 0 aromatic heterocycles. The maximum atomic E-state index is 14.2. The lowest BCUT2D eigenvalue weighted by atomic mass is 10.0. The molecule has 2 aliphatic heterocycles. The second-order valence-electron chi connectivity index (χ2n) is 7.62. The lowest BCUT2D eigenvalue weighted by molar-refractivity contribution is -0.123. The van der Waals surface area contributed by atoms with Gasteiger partial charge in [-0.1, -0.05) is 17.7 Å². The molecule has 0 N–H and O–H groups in total. The summed E-state index contributed by atoms with van der Waals surface area (Å²) in [7, 11) is 0. The summed E-state index contributed by atoms with van der Waals surface area (Å²) in [6.07, 6.45) is 0. The van der Waals surface area contributed by atoms with Gasteiger partial charge in [0.2, 0.25) is 0 Å². The first-order chi connectivity index (χ1) is 13.2. The van der Waals surface area contributed by atoms with Gasteiger partial charge in [-0.05, 0) is 57.2 Å². The average molecular weight is 419 g/mol. The number of hydrogen-bond acceptors (Lipinski definition) is 3. The lowest BCUT2D eigenvalue weighted by Gasteiger charge is -2.33. The molecule has 2 aromatic carbocycles. The van der Waals surface area contributed by atoms with Crippen LogP contribution in [0.3, 0.4) is 0 Å². The molecule has 0 aliphatic carbocycles. The molecule has 0 unspecified atom stereocenters. The van der Waals surface area contributed by atoms with Gasteiger partial charge in [-0.2, -0.15) is 0 Å². The van der Waals surface area contributed by atoms with Crippen molar-refractivity contribution >= 4 is 40.9 Å².